The number of thioether (sulfide) groups is 1. The lowest BCUT2D eigenvalue weighted by Gasteiger charge is -2.18. The number of hydrogen-bond donors (Lipinski definition) is 1. The average molecular weight is 486 g/mol. The van der Waals surface area contributed by atoms with E-state index in [4.69, 9.17) is 4.98 Å². The average Bonchev–Trinajstić information content (AvgIpc) is 3.15. The number of methoxy groups -OCH3 is 1. The van der Waals surface area contributed by atoms with Crippen molar-refractivity contribution >= 4 is 45.2 Å². The predicted octanol–water partition coefficient (Wildman–Crippen LogP) is 3.57. The quantitative estimate of drug-likeness (QED) is 0.326. The number of aryl methyl sites for hydroxylation is 3. The topological polar surface area (TPSA) is 90.3 Å². The summed E-state index contributed by atoms with van der Waals surface area (Å²) < 4.78 is 6.21. The van der Waals surface area contributed by atoms with Gasteiger partial charge in [0.15, 0.2) is 5.16 Å². The fourth-order valence-corrected chi connectivity index (χ4v) is 6.32. The predicted molar refractivity (Wildman–Crippen MR) is 132 cm³/mol. The van der Waals surface area contributed by atoms with Crippen molar-refractivity contribution in [3.05, 3.63) is 50.1 Å². The lowest BCUT2D eigenvalue weighted by Crippen LogP contribution is -2.31. The molecule has 1 atom stereocenters. The Morgan fingerprint density at radius 2 is 2.12 bits per heavy atom. The van der Waals surface area contributed by atoms with Crippen LogP contribution in [0.3, 0.4) is 0 Å². The fourth-order valence-electron chi connectivity index (χ4n) is 4.06. The molecule has 3 aromatic rings. The van der Waals surface area contributed by atoms with Crippen LogP contribution >= 0.6 is 23.1 Å². The summed E-state index contributed by atoms with van der Waals surface area (Å²) in [7, 11) is 1.27. The summed E-state index contributed by atoms with van der Waals surface area (Å²) in [5.41, 5.74) is 3.82. The van der Waals surface area contributed by atoms with E-state index >= 15 is 0 Å². The van der Waals surface area contributed by atoms with Gasteiger partial charge >= 0.3 is 5.97 Å². The third kappa shape index (κ3) is 4.84. The first-order valence-electron chi connectivity index (χ1n) is 10.9. The molecule has 0 bridgehead atoms. The molecule has 0 saturated carbocycles. The molecule has 1 aliphatic carbocycles. The molecule has 174 valence electrons. The highest BCUT2D eigenvalue weighted by Crippen LogP contribution is 2.37. The highest BCUT2D eigenvalue weighted by Gasteiger charge is 2.26. The Labute approximate surface area is 200 Å². The number of nitrogens with zero attached hydrogens (tertiary/aromatic N) is 2. The van der Waals surface area contributed by atoms with Gasteiger partial charge in [-0.2, -0.15) is 0 Å². The van der Waals surface area contributed by atoms with Gasteiger partial charge in [0.1, 0.15) is 11.4 Å². The lowest BCUT2D eigenvalue weighted by atomic mass is 9.89. The molecule has 33 heavy (non-hydrogen) atoms. The van der Waals surface area contributed by atoms with Gasteiger partial charge in [-0.1, -0.05) is 30.8 Å². The summed E-state index contributed by atoms with van der Waals surface area (Å²) in [6.45, 7) is 6.00. The van der Waals surface area contributed by atoms with Crippen LogP contribution in [0.2, 0.25) is 0 Å². The van der Waals surface area contributed by atoms with Crippen LogP contribution < -0.4 is 10.9 Å². The standard InChI is InChI=1S/C24H27N3O4S2/c1-13-5-7-15(3)17(9-13)27-23(30)21-16-8-6-14(2)10-18(16)33-22(21)26-24(27)32-12-19(28)25-11-20(29)31-4/h5,7,9,14H,6,8,10-12H2,1-4H3,(H,25,28). The van der Waals surface area contributed by atoms with Crippen LogP contribution in [0, 0.1) is 19.8 Å². The van der Waals surface area contributed by atoms with Crippen molar-refractivity contribution in [1.29, 1.82) is 0 Å². The molecule has 0 saturated heterocycles. The summed E-state index contributed by atoms with van der Waals surface area (Å²) in [4.78, 5) is 44.3. The van der Waals surface area contributed by atoms with E-state index in [2.05, 4.69) is 17.0 Å². The number of rotatable bonds is 6. The SMILES string of the molecule is COC(=O)CNC(=O)CSc1nc2sc3c(c2c(=O)n1-c1cc(C)ccc1C)CCC(C)C3. The number of carbonyl (C=O) groups excluding carboxylic acids is 2. The van der Waals surface area contributed by atoms with Crippen LogP contribution in [-0.4, -0.2) is 40.8 Å². The Kier molecular flexibility index (Phi) is 6.90. The van der Waals surface area contributed by atoms with E-state index in [0.717, 1.165) is 46.5 Å². The van der Waals surface area contributed by atoms with Crippen LogP contribution in [0.15, 0.2) is 28.2 Å². The van der Waals surface area contributed by atoms with Gasteiger partial charge < -0.3 is 10.1 Å². The number of aromatic nitrogens is 2. The number of esters is 1. The first kappa shape index (κ1) is 23.5. The number of amides is 1. The van der Waals surface area contributed by atoms with Crippen molar-refractivity contribution in [3.8, 4) is 5.69 Å². The number of thiophene rings is 1. The number of fused-ring (bicyclic) bond motifs is 3. The normalized spacial score (nSPS) is 15.3. The molecule has 0 aliphatic heterocycles. The van der Waals surface area contributed by atoms with Crippen LogP contribution in [0.4, 0.5) is 0 Å². The minimum absolute atomic E-state index is 0.0297. The number of hydrogen-bond acceptors (Lipinski definition) is 7. The minimum Gasteiger partial charge on any atom is -0.468 e. The van der Waals surface area contributed by atoms with Crippen molar-refractivity contribution in [1.82, 2.24) is 14.9 Å². The summed E-state index contributed by atoms with van der Waals surface area (Å²) in [6.07, 6.45) is 2.93. The van der Waals surface area contributed by atoms with E-state index in [0.29, 0.717) is 16.5 Å². The molecule has 0 spiro atoms. The second-order valence-electron chi connectivity index (χ2n) is 8.50. The molecule has 1 unspecified atom stereocenters. The molecule has 0 fully saturated rings. The molecule has 0 radical (unpaired) electrons. The summed E-state index contributed by atoms with van der Waals surface area (Å²) in [6, 6.07) is 5.98. The summed E-state index contributed by atoms with van der Waals surface area (Å²) >= 11 is 2.79. The maximum atomic E-state index is 13.9. The third-order valence-electron chi connectivity index (χ3n) is 5.89. The largest absolute Gasteiger partial charge is 0.468 e. The van der Waals surface area contributed by atoms with Gasteiger partial charge in [0.05, 0.1) is 23.9 Å². The van der Waals surface area contributed by atoms with Crippen molar-refractivity contribution in [2.45, 2.75) is 45.2 Å². The number of nitrogens with one attached hydrogen (secondary N) is 1. The van der Waals surface area contributed by atoms with E-state index in [9.17, 15) is 14.4 Å². The zero-order valence-corrected chi connectivity index (χ0v) is 20.8. The van der Waals surface area contributed by atoms with E-state index in [1.807, 2.05) is 32.0 Å². The highest BCUT2D eigenvalue weighted by molar-refractivity contribution is 7.99. The van der Waals surface area contributed by atoms with Gasteiger partial charge in [0.25, 0.3) is 5.56 Å². The maximum absolute atomic E-state index is 13.9. The van der Waals surface area contributed by atoms with Gasteiger partial charge in [-0.05, 0) is 61.8 Å². The molecule has 1 N–H and O–H groups in total. The van der Waals surface area contributed by atoms with Crippen LogP contribution in [0.25, 0.3) is 15.9 Å². The Morgan fingerprint density at radius 3 is 2.88 bits per heavy atom. The molecule has 9 heteroatoms. The number of carbonyl (C=O) groups is 2. The first-order valence-corrected chi connectivity index (χ1v) is 12.7. The molecule has 1 amide bonds. The molecular formula is C24H27N3O4S2. The Balaban J connectivity index is 1.79. The minimum atomic E-state index is -0.515. The molecular weight excluding hydrogens is 458 g/mol. The van der Waals surface area contributed by atoms with Gasteiger partial charge in [-0.3, -0.25) is 19.0 Å². The van der Waals surface area contributed by atoms with Crippen LogP contribution in [0.5, 0.6) is 0 Å². The molecule has 1 aromatic carbocycles. The molecule has 1 aliphatic rings. The number of ether oxygens (including phenoxy) is 1. The second kappa shape index (κ2) is 9.69. The molecule has 7 nitrogen and oxygen atoms in total. The van der Waals surface area contributed by atoms with E-state index in [1.165, 1.54) is 23.7 Å². The van der Waals surface area contributed by atoms with Gasteiger partial charge in [0, 0.05) is 4.88 Å². The second-order valence-corrected chi connectivity index (χ2v) is 10.5. The maximum Gasteiger partial charge on any atom is 0.325 e. The fraction of sp³-hybridized carbons (Fsp3) is 0.417. The number of benzene rings is 1. The van der Waals surface area contributed by atoms with E-state index in [-0.39, 0.29) is 23.8 Å². The Bertz CT molecular complexity index is 1300. The van der Waals surface area contributed by atoms with E-state index in [1.54, 1.807) is 15.9 Å². The highest BCUT2D eigenvalue weighted by atomic mass is 32.2. The lowest BCUT2D eigenvalue weighted by molar-refractivity contribution is -0.140. The van der Waals surface area contributed by atoms with Crippen molar-refractivity contribution in [3.63, 3.8) is 0 Å². The van der Waals surface area contributed by atoms with Crippen molar-refractivity contribution in [2.24, 2.45) is 5.92 Å². The van der Waals surface area contributed by atoms with Crippen molar-refractivity contribution < 1.29 is 14.3 Å². The van der Waals surface area contributed by atoms with E-state index < -0.39 is 5.97 Å². The molecule has 2 heterocycles. The smallest absolute Gasteiger partial charge is 0.325 e. The zero-order chi connectivity index (χ0) is 23.7. The van der Waals surface area contributed by atoms with Gasteiger partial charge in [0.2, 0.25) is 5.91 Å². The van der Waals surface area contributed by atoms with Gasteiger partial charge in [-0.15, -0.1) is 11.3 Å². The molecule has 2 aromatic heterocycles. The van der Waals surface area contributed by atoms with Gasteiger partial charge in [-0.25, -0.2) is 4.98 Å². The molecule has 4 rings (SSSR count). The summed E-state index contributed by atoms with van der Waals surface area (Å²) in [5.74, 6) is -0.216. The Morgan fingerprint density at radius 1 is 1.33 bits per heavy atom. The Hall–Kier alpha value is -2.65. The monoisotopic (exact) mass is 485 g/mol. The first-order chi connectivity index (χ1) is 15.8. The van der Waals surface area contributed by atoms with Crippen molar-refractivity contribution in [2.75, 3.05) is 19.4 Å². The third-order valence-corrected chi connectivity index (χ3v) is 7.98. The summed E-state index contributed by atoms with van der Waals surface area (Å²) in [5, 5.41) is 3.72. The van der Waals surface area contributed by atoms with Crippen LogP contribution in [0.1, 0.15) is 34.9 Å². The zero-order valence-electron chi connectivity index (χ0n) is 19.2. The van der Waals surface area contributed by atoms with Crippen LogP contribution in [-0.2, 0) is 27.2 Å².